The molecule has 1 unspecified atom stereocenters. The number of carboxylic acids is 1. The van der Waals surface area contributed by atoms with E-state index in [4.69, 9.17) is 14.5 Å². The third-order valence-electron chi connectivity index (χ3n) is 6.45. The van der Waals surface area contributed by atoms with Crippen molar-refractivity contribution in [1.29, 1.82) is 0 Å². The van der Waals surface area contributed by atoms with Crippen LogP contribution in [0.2, 0.25) is 0 Å². The Bertz CT molecular complexity index is 1330. The van der Waals surface area contributed by atoms with Gasteiger partial charge in [0.1, 0.15) is 5.75 Å². The van der Waals surface area contributed by atoms with Gasteiger partial charge in [-0.1, -0.05) is 6.07 Å². The zero-order valence-corrected chi connectivity index (χ0v) is 19.7. The summed E-state index contributed by atoms with van der Waals surface area (Å²) in [6.45, 7) is 0.532. The number of hydrogen-bond donors (Lipinski definition) is 1. The van der Waals surface area contributed by atoms with Crippen LogP contribution in [0.15, 0.2) is 54.9 Å². The van der Waals surface area contributed by atoms with Crippen molar-refractivity contribution in [2.24, 2.45) is 0 Å². The Morgan fingerprint density at radius 3 is 2.80 bits per heavy atom. The molecule has 0 saturated heterocycles. The topological polar surface area (TPSA) is 99.4 Å². The Morgan fingerprint density at radius 1 is 1.11 bits per heavy atom. The molecule has 0 bridgehead atoms. The molecule has 8 heteroatoms. The predicted octanol–water partition coefficient (Wildman–Crippen LogP) is 4.40. The maximum absolute atomic E-state index is 11.6. The van der Waals surface area contributed by atoms with Crippen LogP contribution in [0.1, 0.15) is 47.8 Å². The standard InChI is InChI=1S/C27H28N4O4/c1-34-26-11-7-19(16-28-26)25(15-27(32)33)31-24-10-9-22(14-20(24)17-29-31)35-13-12-21-8-6-18-4-2-3-5-23(18)30-21/h6-11,14,16-17,25H,2-5,12-13,15H2,1H3,(H,32,33). The molecule has 1 aromatic carbocycles. The van der Waals surface area contributed by atoms with Crippen molar-refractivity contribution in [3.05, 3.63) is 77.4 Å². The molecule has 0 radical (unpaired) electrons. The van der Waals surface area contributed by atoms with Crippen molar-refractivity contribution in [2.45, 2.75) is 44.6 Å². The molecule has 0 spiro atoms. The van der Waals surface area contributed by atoms with Crippen molar-refractivity contribution >= 4 is 16.9 Å². The zero-order chi connectivity index (χ0) is 24.2. The minimum absolute atomic E-state index is 0.114. The molecule has 3 heterocycles. The number of hydrogen-bond acceptors (Lipinski definition) is 6. The molecule has 1 aliphatic rings. The molecule has 3 aromatic heterocycles. The summed E-state index contributed by atoms with van der Waals surface area (Å²) in [5.41, 5.74) is 5.26. The van der Waals surface area contributed by atoms with E-state index < -0.39 is 12.0 Å². The van der Waals surface area contributed by atoms with E-state index in [9.17, 15) is 9.90 Å². The van der Waals surface area contributed by atoms with Crippen LogP contribution in [0.25, 0.3) is 10.9 Å². The average Bonchev–Trinajstić information content (AvgIpc) is 3.30. The molecule has 0 fully saturated rings. The molecule has 1 aliphatic carbocycles. The first kappa shape index (κ1) is 22.8. The summed E-state index contributed by atoms with van der Waals surface area (Å²) in [6.07, 6.45) is 8.67. The highest BCUT2D eigenvalue weighted by atomic mass is 16.5. The van der Waals surface area contributed by atoms with Crippen molar-refractivity contribution in [3.8, 4) is 11.6 Å². The van der Waals surface area contributed by atoms with Gasteiger partial charge in [-0.05, 0) is 67.1 Å². The molecule has 8 nitrogen and oxygen atoms in total. The Labute approximate surface area is 203 Å². The first-order chi connectivity index (χ1) is 17.1. The number of aliphatic carboxylic acids is 1. The summed E-state index contributed by atoms with van der Waals surface area (Å²) < 4.78 is 12.9. The molecule has 0 saturated carbocycles. The van der Waals surface area contributed by atoms with Crippen molar-refractivity contribution in [2.75, 3.05) is 13.7 Å². The van der Waals surface area contributed by atoms with Gasteiger partial charge in [-0.3, -0.25) is 14.5 Å². The van der Waals surface area contributed by atoms with Crippen LogP contribution in [0.3, 0.4) is 0 Å². The summed E-state index contributed by atoms with van der Waals surface area (Å²) in [5.74, 6) is 0.307. The van der Waals surface area contributed by atoms with E-state index in [1.165, 1.54) is 24.1 Å². The molecule has 180 valence electrons. The highest BCUT2D eigenvalue weighted by Crippen LogP contribution is 2.29. The van der Waals surface area contributed by atoms with Gasteiger partial charge >= 0.3 is 5.97 Å². The van der Waals surface area contributed by atoms with Gasteiger partial charge in [-0.25, -0.2) is 4.98 Å². The molecule has 5 rings (SSSR count). The number of ether oxygens (including phenoxy) is 2. The molecule has 0 amide bonds. The van der Waals surface area contributed by atoms with Crippen LogP contribution in [0.5, 0.6) is 11.6 Å². The SMILES string of the molecule is COc1ccc(C(CC(=O)O)n2ncc3cc(OCCc4ccc5c(n4)CCCC5)ccc32)cn1. The smallest absolute Gasteiger partial charge is 0.305 e. The van der Waals surface area contributed by atoms with E-state index in [1.54, 1.807) is 30.3 Å². The number of nitrogens with zero attached hydrogens (tertiary/aromatic N) is 4. The summed E-state index contributed by atoms with van der Waals surface area (Å²) in [6, 6.07) is 13.1. The maximum atomic E-state index is 11.6. The fraction of sp³-hybridized carbons (Fsp3) is 0.333. The molecular formula is C27H28N4O4. The first-order valence-electron chi connectivity index (χ1n) is 11.9. The Hall–Kier alpha value is -3.94. The number of methoxy groups -OCH3 is 1. The molecular weight excluding hydrogens is 444 g/mol. The maximum Gasteiger partial charge on any atom is 0.305 e. The van der Waals surface area contributed by atoms with E-state index in [-0.39, 0.29) is 6.42 Å². The number of fused-ring (bicyclic) bond motifs is 2. The van der Waals surface area contributed by atoms with E-state index >= 15 is 0 Å². The third kappa shape index (κ3) is 5.11. The molecule has 35 heavy (non-hydrogen) atoms. The Balaban J connectivity index is 1.30. The minimum Gasteiger partial charge on any atom is -0.493 e. The number of benzene rings is 1. The second kappa shape index (κ2) is 10.1. The highest BCUT2D eigenvalue weighted by Gasteiger charge is 2.21. The number of rotatable bonds is 9. The zero-order valence-electron chi connectivity index (χ0n) is 19.7. The van der Waals surface area contributed by atoms with Crippen LogP contribution in [-0.2, 0) is 24.1 Å². The van der Waals surface area contributed by atoms with Crippen LogP contribution >= 0.6 is 0 Å². The number of aromatic nitrogens is 4. The van der Waals surface area contributed by atoms with Crippen LogP contribution in [-0.4, -0.2) is 44.5 Å². The van der Waals surface area contributed by atoms with Crippen LogP contribution < -0.4 is 9.47 Å². The van der Waals surface area contributed by atoms with Crippen molar-refractivity contribution < 1.29 is 19.4 Å². The highest BCUT2D eigenvalue weighted by molar-refractivity contribution is 5.81. The van der Waals surface area contributed by atoms with E-state index in [0.29, 0.717) is 12.5 Å². The lowest BCUT2D eigenvalue weighted by molar-refractivity contribution is -0.137. The van der Waals surface area contributed by atoms with Crippen LogP contribution in [0.4, 0.5) is 0 Å². The largest absolute Gasteiger partial charge is 0.493 e. The van der Waals surface area contributed by atoms with Crippen molar-refractivity contribution in [1.82, 2.24) is 19.7 Å². The van der Waals surface area contributed by atoms with Gasteiger partial charge in [-0.2, -0.15) is 5.10 Å². The fourth-order valence-electron chi connectivity index (χ4n) is 4.63. The van der Waals surface area contributed by atoms with E-state index in [2.05, 4.69) is 22.2 Å². The molecule has 1 N–H and O–H groups in total. The lowest BCUT2D eigenvalue weighted by Crippen LogP contribution is -2.16. The van der Waals surface area contributed by atoms with Gasteiger partial charge in [0.15, 0.2) is 0 Å². The average molecular weight is 473 g/mol. The van der Waals surface area contributed by atoms with Gasteiger partial charge in [0.05, 0.1) is 37.9 Å². The lowest BCUT2D eigenvalue weighted by atomic mass is 9.96. The molecule has 0 aliphatic heterocycles. The second-order valence-electron chi connectivity index (χ2n) is 8.77. The second-order valence-corrected chi connectivity index (χ2v) is 8.77. The summed E-state index contributed by atoms with van der Waals surface area (Å²) in [5, 5.41) is 14.9. The van der Waals surface area contributed by atoms with Gasteiger partial charge in [-0.15, -0.1) is 0 Å². The number of carbonyl (C=O) groups is 1. The summed E-state index contributed by atoms with van der Waals surface area (Å²) >= 11 is 0. The quantitative estimate of drug-likeness (QED) is 0.385. The predicted molar refractivity (Wildman–Crippen MR) is 131 cm³/mol. The van der Waals surface area contributed by atoms with E-state index in [0.717, 1.165) is 47.2 Å². The summed E-state index contributed by atoms with van der Waals surface area (Å²) in [7, 11) is 1.54. The lowest BCUT2D eigenvalue weighted by Gasteiger charge is -2.17. The number of pyridine rings is 2. The first-order valence-corrected chi connectivity index (χ1v) is 11.9. The van der Waals surface area contributed by atoms with Crippen LogP contribution in [0, 0.1) is 0 Å². The number of aryl methyl sites for hydroxylation is 2. The normalized spacial score (nSPS) is 13.9. The Kier molecular flexibility index (Phi) is 6.61. The fourth-order valence-corrected chi connectivity index (χ4v) is 4.63. The van der Waals surface area contributed by atoms with E-state index in [1.807, 2.05) is 24.3 Å². The third-order valence-corrected chi connectivity index (χ3v) is 6.45. The minimum atomic E-state index is -0.912. The Morgan fingerprint density at radius 2 is 2.00 bits per heavy atom. The number of carboxylic acid groups (broad SMARTS) is 1. The monoisotopic (exact) mass is 472 g/mol. The molecule has 4 aromatic rings. The molecule has 1 atom stereocenters. The van der Waals surface area contributed by atoms with Gasteiger partial charge in [0.2, 0.25) is 5.88 Å². The van der Waals surface area contributed by atoms with Gasteiger partial charge in [0.25, 0.3) is 0 Å². The summed E-state index contributed by atoms with van der Waals surface area (Å²) in [4.78, 5) is 20.7. The van der Waals surface area contributed by atoms with Gasteiger partial charge < -0.3 is 14.6 Å². The van der Waals surface area contributed by atoms with Crippen molar-refractivity contribution in [3.63, 3.8) is 0 Å². The van der Waals surface area contributed by atoms with Gasteiger partial charge in [0, 0.05) is 35.5 Å².